The van der Waals surface area contributed by atoms with Crippen LogP contribution in [0.2, 0.25) is 0 Å². The summed E-state index contributed by atoms with van der Waals surface area (Å²) in [6.07, 6.45) is -2.58. The minimum Gasteiger partial charge on any atom is -0.474 e. The van der Waals surface area contributed by atoms with E-state index in [0.717, 1.165) is 24.3 Å². The van der Waals surface area contributed by atoms with Gasteiger partial charge in [-0.2, -0.15) is 13.2 Å². The number of hydrogen-bond acceptors (Lipinski definition) is 7. The van der Waals surface area contributed by atoms with Gasteiger partial charge < -0.3 is 25.8 Å². The van der Waals surface area contributed by atoms with Gasteiger partial charge in [0.15, 0.2) is 0 Å². The average molecular weight is 553 g/mol. The number of amides is 2. The zero-order chi connectivity index (χ0) is 28.4. The van der Waals surface area contributed by atoms with E-state index in [0.29, 0.717) is 18.5 Å². The zero-order valence-electron chi connectivity index (χ0n) is 20.7. The van der Waals surface area contributed by atoms with Crippen molar-refractivity contribution in [1.82, 2.24) is 19.9 Å². The molecule has 39 heavy (non-hydrogen) atoms. The number of likely N-dealkylation sites (tertiary alicyclic amines) is 1. The van der Waals surface area contributed by atoms with E-state index in [4.69, 9.17) is 10.5 Å². The zero-order valence-corrected chi connectivity index (χ0v) is 20.7. The Bertz CT molecular complexity index is 1330. The van der Waals surface area contributed by atoms with Crippen molar-refractivity contribution in [1.29, 1.82) is 0 Å². The number of anilines is 2. The Labute approximate surface area is 219 Å². The van der Waals surface area contributed by atoms with E-state index in [2.05, 4.69) is 20.3 Å². The minimum absolute atomic E-state index is 0.0554. The first kappa shape index (κ1) is 28.0. The molecule has 4 rings (SSSR count). The van der Waals surface area contributed by atoms with Gasteiger partial charge in [0.05, 0.1) is 5.69 Å². The van der Waals surface area contributed by atoms with Gasteiger partial charge in [0, 0.05) is 36.8 Å². The molecule has 0 saturated carbocycles. The second-order valence-corrected chi connectivity index (χ2v) is 9.24. The van der Waals surface area contributed by atoms with Crippen LogP contribution >= 0.6 is 0 Å². The second kappa shape index (κ2) is 11.0. The molecular formula is C25H25F5N6O3. The van der Waals surface area contributed by atoms with Crippen molar-refractivity contribution in [2.24, 2.45) is 0 Å². The summed E-state index contributed by atoms with van der Waals surface area (Å²) in [5.41, 5.74) is 3.02. The number of benzene rings is 1. The summed E-state index contributed by atoms with van der Waals surface area (Å²) in [5, 5.41) is 13.4. The second-order valence-electron chi connectivity index (χ2n) is 9.24. The Morgan fingerprint density at radius 2 is 1.77 bits per heavy atom. The van der Waals surface area contributed by atoms with Crippen LogP contribution < -0.4 is 15.8 Å². The summed E-state index contributed by atoms with van der Waals surface area (Å²) < 4.78 is 72.1. The van der Waals surface area contributed by atoms with Gasteiger partial charge in [-0.25, -0.2) is 28.5 Å². The third kappa shape index (κ3) is 6.50. The summed E-state index contributed by atoms with van der Waals surface area (Å²) in [7, 11) is 0. The molecule has 3 heterocycles. The van der Waals surface area contributed by atoms with Crippen molar-refractivity contribution in [3.05, 3.63) is 71.2 Å². The number of para-hydroxylation sites is 1. The first-order valence-corrected chi connectivity index (χ1v) is 11.9. The molecule has 0 radical (unpaired) electrons. The smallest absolute Gasteiger partial charge is 0.433 e. The number of halogens is 5. The lowest BCUT2D eigenvalue weighted by Gasteiger charge is -2.34. The molecule has 1 fully saturated rings. The number of carbonyl (C=O) groups excluding carboxylic acids is 1. The molecule has 14 heteroatoms. The molecule has 2 amide bonds. The van der Waals surface area contributed by atoms with Crippen LogP contribution in [-0.4, -0.2) is 50.7 Å². The number of nitrogens with one attached hydrogen (secondary N) is 1. The molecule has 1 aliphatic rings. The Balaban J connectivity index is 1.45. The fourth-order valence-electron chi connectivity index (χ4n) is 4.24. The normalized spacial score (nSPS) is 16.0. The molecule has 1 unspecified atom stereocenters. The highest BCUT2D eigenvalue weighted by Gasteiger charge is 2.35. The SMILES string of the molecule is CC(O)(COc1cccc(C(F)(F)F)n1)c1cnc(N)nc1C1CCN(C(=O)Nc2c(F)cccc2F)CC1. The van der Waals surface area contributed by atoms with Gasteiger partial charge in [-0.05, 0) is 38.0 Å². The number of carbonyl (C=O) groups is 1. The van der Waals surface area contributed by atoms with E-state index in [-0.39, 0.29) is 36.4 Å². The van der Waals surface area contributed by atoms with Crippen LogP contribution in [0.3, 0.4) is 0 Å². The number of rotatable bonds is 6. The number of ether oxygens (including phenoxy) is 1. The van der Waals surface area contributed by atoms with Crippen molar-refractivity contribution in [3.8, 4) is 5.88 Å². The summed E-state index contributed by atoms with van der Waals surface area (Å²) >= 11 is 0. The molecule has 0 spiro atoms. The fourth-order valence-corrected chi connectivity index (χ4v) is 4.24. The number of piperidine rings is 1. The van der Waals surface area contributed by atoms with Crippen LogP contribution in [0.4, 0.5) is 38.4 Å². The molecule has 1 aromatic carbocycles. The van der Waals surface area contributed by atoms with Gasteiger partial charge in [-0.1, -0.05) is 12.1 Å². The van der Waals surface area contributed by atoms with E-state index in [1.807, 2.05) is 0 Å². The molecule has 2 aromatic heterocycles. The maximum Gasteiger partial charge on any atom is 0.433 e. The third-order valence-corrected chi connectivity index (χ3v) is 6.30. The Hall–Kier alpha value is -4.07. The molecule has 208 valence electrons. The van der Waals surface area contributed by atoms with Crippen LogP contribution in [-0.2, 0) is 11.8 Å². The topological polar surface area (TPSA) is 126 Å². The molecule has 4 N–H and O–H groups in total. The maximum atomic E-state index is 13.9. The van der Waals surface area contributed by atoms with Crippen LogP contribution in [0.25, 0.3) is 0 Å². The summed E-state index contributed by atoms with van der Waals surface area (Å²) in [5.74, 6) is -2.46. The monoisotopic (exact) mass is 552 g/mol. The molecule has 9 nitrogen and oxygen atoms in total. The van der Waals surface area contributed by atoms with Gasteiger partial charge >= 0.3 is 12.2 Å². The van der Waals surface area contributed by atoms with E-state index in [1.165, 1.54) is 30.2 Å². The number of alkyl halides is 3. The number of urea groups is 1. The van der Waals surface area contributed by atoms with Gasteiger partial charge in [0.25, 0.3) is 0 Å². The van der Waals surface area contributed by atoms with Crippen molar-refractivity contribution in [3.63, 3.8) is 0 Å². The molecule has 1 aliphatic heterocycles. The Morgan fingerprint density at radius 3 is 2.41 bits per heavy atom. The molecule has 1 atom stereocenters. The number of aromatic nitrogens is 3. The predicted molar refractivity (Wildman–Crippen MR) is 130 cm³/mol. The lowest BCUT2D eigenvalue weighted by Crippen LogP contribution is -2.41. The van der Waals surface area contributed by atoms with E-state index < -0.39 is 47.4 Å². The summed E-state index contributed by atoms with van der Waals surface area (Å²) in [6.45, 7) is 1.35. The highest BCUT2D eigenvalue weighted by Crippen LogP contribution is 2.35. The van der Waals surface area contributed by atoms with Crippen LogP contribution in [0.15, 0.2) is 42.6 Å². The molecule has 1 saturated heterocycles. The number of hydrogen-bond donors (Lipinski definition) is 3. The van der Waals surface area contributed by atoms with Crippen molar-refractivity contribution in [2.45, 2.75) is 37.5 Å². The number of pyridine rings is 1. The fraction of sp³-hybridized carbons (Fsp3) is 0.360. The number of nitrogens with two attached hydrogens (primary N) is 1. The number of nitrogen functional groups attached to an aromatic ring is 1. The lowest BCUT2D eigenvalue weighted by atomic mass is 9.86. The lowest BCUT2D eigenvalue weighted by molar-refractivity contribution is -0.141. The van der Waals surface area contributed by atoms with Gasteiger partial charge in [-0.15, -0.1) is 0 Å². The average Bonchev–Trinajstić information content (AvgIpc) is 2.89. The predicted octanol–water partition coefficient (Wildman–Crippen LogP) is 4.45. The molecule has 0 aliphatic carbocycles. The number of nitrogens with zero attached hydrogens (tertiary/aromatic N) is 4. The maximum absolute atomic E-state index is 13.9. The van der Waals surface area contributed by atoms with Crippen LogP contribution in [0.1, 0.15) is 42.6 Å². The highest BCUT2D eigenvalue weighted by atomic mass is 19.4. The largest absolute Gasteiger partial charge is 0.474 e. The summed E-state index contributed by atoms with van der Waals surface area (Å²) in [4.78, 5) is 25.7. The van der Waals surface area contributed by atoms with Crippen LogP contribution in [0, 0.1) is 11.6 Å². The first-order valence-electron chi connectivity index (χ1n) is 11.9. The van der Waals surface area contributed by atoms with Gasteiger partial charge in [0.2, 0.25) is 11.8 Å². The highest BCUT2D eigenvalue weighted by molar-refractivity contribution is 5.89. The van der Waals surface area contributed by atoms with Gasteiger partial charge in [0.1, 0.15) is 35.2 Å². The van der Waals surface area contributed by atoms with Crippen molar-refractivity contribution >= 4 is 17.7 Å². The van der Waals surface area contributed by atoms with Crippen molar-refractivity contribution in [2.75, 3.05) is 30.7 Å². The Morgan fingerprint density at radius 1 is 1.13 bits per heavy atom. The van der Waals surface area contributed by atoms with Crippen molar-refractivity contribution < 1.29 is 36.6 Å². The third-order valence-electron chi connectivity index (χ3n) is 6.30. The minimum atomic E-state index is -4.66. The van der Waals surface area contributed by atoms with E-state index >= 15 is 0 Å². The van der Waals surface area contributed by atoms with E-state index in [1.54, 1.807) is 0 Å². The number of aliphatic hydroxyl groups is 1. The Kier molecular flexibility index (Phi) is 7.86. The van der Waals surface area contributed by atoms with Crippen LogP contribution in [0.5, 0.6) is 5.88 Å². The molecule has 0 bridgehead atoms. The molecular weight excluding hydrogens is 527 g/mol. The standard InChI is InChI=1S/C25H25F5N6O3/c1-24(38,13-39-19-7-3-6-18(33-19)25(28,29)30)15-12-32-22(31)34-20(15)14-8-10-36(11-9-14)23(37)35-21-16(26)4-2-5-17(21)27/h2-7,12,14,38H,8-11,13H2,1H3,(H,35,37)(H2,31,32,34). The molecule has 3 aromatic rings. The summed E-state index contributed by atoms with van der Waals surface area (Å²) in [6, 6.07) is 5.76. The van der Waals surface area contributed by atoms with E-state index in [9.17, 15) is 31.9 Å². The van der Waals surface area contributed by atoms with Gasteiger partial charge in [-0.3, -0.25) is 0 Å². The first-order chi connectivity index (χ1) is 18.3. The quantitative estimate of drug-likeness (QED) is 0.386.